The SMILES string of the molecule is CCCC(C(=O)NC=O)N1C(=O)c2cccc(OCC=O)c2C1=O.CNCCCCCNC(=O)c1ccc(-n2cc(/C=C/OC(=N)c3ccnc(N(CC(F)(F)F)C(=O)OC(C)(C)C)c3)c(C(N)=O)n2)cc1.NC=O. The lowest BCUT2D eigenvalue weighted by Crippen LogP contribution is -2.49. The number of ether oxygens (including phenoxy) is 3. The number of primary amides is 2. The summed E-state index contributed by atoms with van der Waals surface area (Å²) in [6, 6.07) is 12.3. The zero-order valence-electron chi connectivity index (χ0n) is 41.6. The number of carbonyl (C=O) groups excluding carboxylic acids is 9. The summed E-state index contributed by atoms with van der Waals surface area (Å²) in [4.78, 5) is 109. The zero-order chi connectivity index (χ0) is 55.9. The number of hydrogen-bond donors (Lipinski definition) is 6. The number of hydrogen-bond acceptors (Lipinski definition) is 16. The monoisotopic (exact) mass is 1050 g/mol. The molecule has 8 amide bonds. The number of nitrogens with two attached hydrogens (primary N) is 2. The predicted molar refractivity (Wildman–Crippen MR) is 265 cm³/mol. The van der Waals surface area contributed by atoms with E-state index in [1.807, 2.05) is 12.4 Å². The number of fused-ring (bicyclic) bond motifs is 1. The molecule has 1 aliphatic rings. The third-order valence-corrected chi connectivity index (χ3v) is 10.0. The minimum atomic E-state index is -4.76. The number of unbranched alkanes of at least 4 members (excludes halogenated alkanes) is 2. The van der Waals surface area contributed by atoms with Gasteiger partial charge in [-0.05, 0) is 108 Å². The van der Waals surface area contributed by atoms with Crippen LogP contribution in [-0.4, -0.2) is 131 Å². The van der Waals surface area contributed by atoms with Gasteiger partial charge in [-0.15, -0.1) is 0 Å². The first-order valence-corrected chi connectivity index (χ1v) is 22.9. The highest BCUT2D eigenvalue weighted by Gasteiger charge is 2.44. The quantitative estimate of drug-likeness (QED) is 0.0160. The summed E-state index contributed by atoms with van der Waals surface area (Å²) in [6.45, 7) is 5.88. The lowest BCUT2D eigenvalue weighted by Gasteiger charge is -2.27. The Kier molecular flexibility index (Phi) is 23.4. The maximum Gasteiger partial charge on any atom is 0.416 e. The summed E-state index contributed by atoms with van der Waals surface area (Å²) in [5.41, 5.74) is 9.86. The maximum atomic E-state index is 13.3. The first-order chi connectivity index (χ1) is 35.6. The normalized spacial score (nSPS) is 12.2. The lowest BCUT2D eigenvalue weighted by molar-refractivity contribution is -0.128. The number of alkyl halides is 3. The Labute approximate surface area is 428 Å². The number of rotatable bonds is 22. The van der Waals surface area contributed by atoms with E-state index in [9.17, 15) is 51.5 Å². The second-order valence-electron chi connectivity index (χ2n) is 16.7. The van der Waals surface area contributed by atoms with E-state index in [1.165, 1.54) is 62.0 Å². The van der Waals surface area contributed by atoms with Crippen molar-refractivity contribution in [1.82, 2.24) is 35.6 Å². The minimum Gasteiger partial charge on any atom is -0.485 e. The molecule has 0 saturated heterocycles. The first kappa shape index (κ1) is 60.5. The summed E-state index contributed by atoms with van der Waals surface area (Å²) in [7, 11) is 1.89. The molecule has 402 valence electrons. The molecule has 1 aliphatic heterocycles. The number of anilines is 1. The van der Waals surface area contributed by atoms with Crippen LogP contribution in [-0.2, 0) is 28.7 Å². The Morgan fingerprint density at radius 2 is 1.63 bits per heavy atom. The van der Waals surface area contributed by atoms with Gasteiger partial charge in [0.05, 0.1) is 23.1 Å². The number of aromatic nitrogens is 3. The number of pyridine rings is 1. The summed E-state index contributed by atoms with van der Waals surface area (Å²) < 4.78 is 56.9. The van der Waals surface area contributed by atoms with Gasteiger partial charge in [-0.2, -0.15) is 18.3 Å². The zero-order valence-corrected chi connectivity index (χ0v) is 41.6. The number of carbonyl (C=O) groups is 9. The molecule has 2 aromatic carbocycles. The molecule has 26 heteroatoms. The van der Waals surface area contributed by atoms with Gasteiger partial charge in [-0.3, -0.25) is 58.9 Å². The molecule has 8 N–H and O–H groups in total. The van der Waals surface area contributed by atoms with E-state index in [-0.39, 0.29) is 65.5 Å². The van der Waals surface area contributed by atoms with E-state index in [0.29, 0.717) is 35.4 Å². The Morgan fingerprint density at radius 3 is 2.23 bits per heavy atom. The second kappa shape index (κ2) is 29.0. The van der Waals surface area contributed by atoms with Gasteiger partial charge >= 0.3 is 12.3 Å². The van der Waals surface area contributed by atoms with Gasteiger partial charge in [0.2, 0.25) is 24.6 Å². The second-order valence-corrected chi connectivity index (χ2v) is 16.7. The molecule has 0 saturated carbocycles. The molecule has 0 aliphatic carbocycles. The molecule has 5 rings (SSSR count). The van der Waals surface area contributed by atoms with Crippen molar-refractivity contribution in [2.75, 3.05) is 38.2 Å². The molecule has 0 radical (unpaired) electrons. The molecule has 23 nitrogen and oxygen atoms in total. The van der Waals surface area contributed by atoms with Crippen molar-refractivity contribution >= 4 is 72.5 Å². The standard InChI is InChI=1S/C32H39F3N8O5.C16H16N2O6.CH3NO/c1-31(2,3)48-30(46)42(20-32(33,34)35)25-18-22(12-16-39-25)28(37)47-17-13-23-19-43(41-26(23)27(36)44)24-10-8-21(9-11-24)29(45)40-15-7-5-6-14-38-4;1-2-4-11(14(21)17-9-20)18-15(22)10-5-3-6-12(24-8-7-19)13(10)16(18)23;2-1-3/h8-13,16-19,37-38H,5-7,14-15,20H2,1-4H3,(H2,36,44)(H,40,45);3,5-7,9,11H,2,4,8H2,1H3,(H,17,20,21);1H,(H2,2,3)/b17-13+,37-28?;;. The van der Waals surface area contributed by atoms with Crippen LogP contribution >= 0.6 is 0 Å². The maximum absolute atomic E-state index is 13.3. The third-order valence-electron chi connectivity index (χ3n) is 10.0. The number of benzene rings is 2. The lowest BCUT2D eigenvalue weighted by atomic mass is 10.1. The first-order valence-electron chi connectivity index (χ1n) is 22.9. The molecule has 0 fully saturated rings. The van der Waals surface area contributed by atoms with Crippen LogP contribution in [0.5, 0.6) is 5.75 Å². The van der Waals surface area contributed by atoms with Crippen molar-refractivity contribution in [2.45, 2.75) is 77.6 Å². The molecular weight excluding hydrogens is 992 g/mol. The van der Waals surface area contributed by atoms with Gasteiger partial charge in [0.15, 0.2) is 12.0 Å². The van der Waals surface area contributed by atoms with Crippen LogP contribution in [0, 0.1) is 5.41 Å². The number of halogens is 3. The fourth-order valence-electron chi connectivity index (χ4n) is 6.80. The number of amides is 8. The fraction of sp³-hybridized carbons (Fsp3) is 0.347. The molecule has 3 heterocycles. The third kappa shape index (κ3) is 18.3. The summed E-state index contributed by atoms with van der Waals surface area (Å²) >= 11 is 0. The Bertz CT molecular complexity index is 2710. The number of aldehydes is 1. The van der Waals surface area contributed by atoms with E-state index < -0.39 is 65.8 Å². The number of nitrogens with one attached hydrogen (secondary N) is 4. The minimum absolute atomic E-state index is 0.00382. The number of nitrogens with zero attached hydrogens (tertiary/aromatic N) is 5. The van der Waals surface area contributed by atoms with Crippen molar-refractivity contribution in [2.24, 2.45) is 11.5 Å². The summed E-state index contributed by atoms with van der Waals surface area (Å²) in [5.74, 6) is -3.88. The van der Waals surface area contributed by atoms with Crippen LogP contribution in [0.2, 0.25) is 0 Å². The molecule has 75 heavy (non-hydrogen) atoms. The van der Waals surface area contributed by atoms with Gasteiger partial charge in [-0.25, -0.2) is 14.5 Å². The van der Waals surface area contributed by atoms with Crippen molar-refractivity contribution in [3.63, 3.8) is 0 Å². The van der Waals surface area contributed by atoms with Gasteiger partial charge in [-0.1, -0.05) is 25.8 Å². The van der Waals surface area contributed by atoms with Crippen LogP contribution < -0.4 is 37.1 Å². The highest BCUT2D eigenvalue weighted by Crippen LogP contribution is 2.33. The van der Waals surface area contributed by atoms with Crippen molar-refractivity contribution in [3.05, 3.63) is 107 Å². The van der Waals surface area contributed by atoms with Crippen LogP contribution in [0.25, 0.3) is 11.8 Å². The predicted octanol–water partition coefficient (Wildman–Crippen LogP) is 4.21. The molecular formula is C49H58F3N11O12. The molecule has 0 spiro atoms. The smallest absolute Gasteiger partial charge is 0.416 e. The average Bonchev–Trinajstić information content (AvgIpc) is 3.90. The van der Waals surface area contributed by atoms with Crippen molar-refractivity contribution in [1.29, 1.82) is 5.41 Å². The van der Waals surface area contributed by atoms with Crippen molar-refractivity contribution in [3.8, 4) is 11.4 Å². The van der Waals surface area contributed by atoms with Gasteiger partial charge in [0, 0.05) is 35.6 Å². The highest BCUT2D eigenvalue weighted by molar-refractivity contribution is 6.24. The van der Waals surface area contributed by atoms with Crippen LogP contribution in [0.1, 0.15) is 112 Å². The Balaban J connectivity index is 0.000000456. The van der Waals surface area contributed by atoms with Gasteiger partial charge < -0.3 is 36.3 Å². The van der Waals surface area contributed by atoms with E-state index in [1.54, 1.807) is 31.2 Å². The largest absolute Gasteiger partial charge is 0.485 e. The average molecular weight is 1050 g/mol. The van der Waals surface area contributed by atoms with Crippen LogP contribution in [0.15, 0.2) is 73.3 Å². The van der Waals surface area contributed by atoms with Gasteiger partial charge in [0.1, 0.15) is 36.4 Å². The van der Waals surface area contributed by atoms with E-state index in [4.69, 9.17) is 30.1 Å². The Hall–Kier alpha value is -8.81. The van der Waals surface area contributed by atoms with Crippen LogP contribution in [0.4, 0.5) is 23.8 Å². The van der Waals surface area contributed by atoms with E-state index >= 15 is 0 Å². The molecule has 4 aromatic rings. The van der Waals surface area contributed by atoms with Gasteiger partial charge in [0.25, 0.3) is 23.6 Å². The van der Waals surface area contributed by atoms with E-state index in [0.717, 1.165) is 49.2 Å². The van der Waals surface area contributed by atoms with Crippen molar-refractivity contribution < 1.29 is 70.5 Å². The molecule has 1 atom stereocenters. The molecule has 2 aromatic heterocycles. The van der Waals surface area contributed by atoms with Crippen LogP contribution in [0.3, 0.4) is 0 Å². The fourth-order valence-corrected chi connectivity index (χ4v) is 6.80. The number of imide groups is 2. The molecule has 1 unspecified atom stereocenters. The highest BCUT2D eigenvalue weighted by atomic mass is 19.4. The summed E-state index contributed by atoms with van der Waals surface area (Å²) in [6.07, 6.45) is 3.61. The Morgan fingerprint density at radius 1 is 0.947 bits per heavy atom. The van der Waals surface area contributed by atoms with E-state index in [2.05, 4.69) is 26.4 Å². The summed E-state index contributed by atoms with van der Waals surface area (Å²) in [5, 5.41) is 20.4. The topological polar surface area (TPSA) is 330 Å². The molecule has 0 bridgehead atoms.